The minimum absolute atomic E-state index is 0.320. The highest BCUT2D eigenvalue weighted by Gasteiger charge is 2.19. The topological polar surface area (TPSA) is 52.7 Å². The van der Waals surface area contributed by atoms with Gasteiger partial charge in [-0.3, -0.25) is 0 Å². The highest BCUT2D eigenvalue weighted by Crippen LogP contribution is 2.17. The van der Waals surface area contributed by atoms with Crippen LogP contribution in [0.4, 0.5) is 0 Å². The molecule has 0 aromatic rings. The first kappa shape index (κ1) is 13.9. The second-order valence-electron chi connectivity index (χ2n) is 5.23. The Kier molecular flexibility index (Phi) is 6.28. The van der Waals surface area contributed by atoms with Crippen LogP contribution >= 0.6 is 0 Å². The molecule has 0 saturated carbocycles. The third-order valence-corrected chi connectivity index (χ3v) is 3.38. The number of hydrogen-bond donors (Lipinski definition) is 2. The molecule has 1 saturated heterocycles. The molecule has 0 aromatic heterocycles. The van der Waals surface area contributed by atoms with Crippen LogP contribution in [0.1, 0.15) is 19.3 Å². The van der Waals surface area contributed by atoms with E-state index in [1.54, 1.807) is 0 Å². The van der Waals surface area contributed by atoms with Crippen molar-refractivity contribution in [1.29, 1.82) is 0 Å². The van der Waals surface area contributed by atoms with Gasteiger partial charge in [-0.1, -0.05) is 0 Å². The summed E-state index contributed by atoms with van der Waals surface area (Å²) in [6.07, 6.45) is 3.07. The van der Waals surface area contributed by atoms with Crippen molar-refractivity contribution < 1.29 is 5.11 Å². The lowest BCUT2D eigenvalue weighted by Gasteiger charge is -2.33. The smallest absolute Gasteiger partial charge is 0.0674 e. The van der Waals surface area contributed by atoms with Crippen LogP contribution in [0.15, 0.2) is 0 Å². The minimum Gasteiger partial charge on any atom is -0.392 e. The summed E-state index contributed by atoms with van der Waals surface area (Å²) >= 11 is 0. The number of likely N-dealkylation sites (tertiary alicyclic amines) is 1. The lowest BCUT2D eigenvalue weighted by molar-refractivity contribution is 0.121. The Labute approximate surface area is 99.4 Å². The van der Waals surface area contributed by atoms with Gasteiger partial charge < -0.3 is 20.6 Å². The van der Waals surface area contributed by atoms with Gasteiger partial charge >= 0.3 is 0 Å². The largest absolute Gasteiger partial charge is 0.392 e. The van der Waals surface area contributed by atoms with Crippen molar-refractivity contribution in [1.82, 2.24) is 9.80 Å². The van der Waals surface area contributed by atoms with E-state index in [1.807, 2.05) is 0 Å². The fourth-order valence-corrected chi connectivity index (χ4v) is 2.36. The molecular weight excluding hydrogens is 202 g/mol. The summed E-state index contributed by atoms with van der Waals surface area (Å²) in [4.78, 5) is 4.73. The molecule has 16 heavy (non-hydrogen) atoms. The molecular formula is C12H27N3O. The van der Waals surface area contributed by atoms with Gasteiger partial charge in [0.1, 0.15) is 0 Å². The van der Waals surface area contributed by atoms with Crippen molar-refractivity contribution in [3.8, 4) is 0 Å². The zero-order chi connectivity index (χ0) is 12.0. The molecule has 1 heterocycles. The Morgan fingerprint density at radius 1 is 1.38 bits per heavy atom. The van der Waals surface area contributed by atoms with Crippen molar-refractivity contribution in [2.45, 2.75) is 25.4 Å². The number of aliphatic hydroxyl groups excluding tert-OH is 1. The first-order valence-electron chi connectivity index (χ1n) is 6.37. The molecule has 0 amide bonds. The first-order valence-corrected chi connectivity index (χ1v) is 6.37. The molecule has 3 N–H and O–H groups in total. The van der Waals surface area contributed by atoms with E-state index in [2.05, 4.69) is 23.9 Å². The van der Waals surface area contributed by atoms with E-state index in [-0.39, 0.29) is 6.10 Å². The van der Waals surface area contributed by atoms with E-state index >= 15 is 0 Å². The van der Waals surface area contributed by atoms with E-state index in [0.29, 0.717) is 6.54 Å². The molecule has 4 nitrogen and oxygen atoms in total. The molecule has 0 radical (unpaired) electrons. The zero-order valence-electron chi connectivity index (χ0n) is 10.7. The van der Waals surface area contributed by atoms with Crippen LogP contribution in [-0.2, 0) is 0 Å². The maximum atomic E-state index is 9.40. The van der Waals surface area contributed by atoms with E-state index < -0.39 is 0 Å². The molecule has 0 aliphatic carbocycles. The summed E-state index contributed by atoms with van der Waals surface area (Å²) in [6, 6.07) is 0. The van der Waals surface area contributed by atoms with Crippen molar-refractivity contribution in [2.24, 2.45) is 11.7 Å². The summed E-state index contributed by atoms with van der Waals surface area (Å²) in [7, 11) is 4.29. The first-order chi connectivity index (χ1) is 7.61. The fourth-order valence-electron chi connectivity index (χ4n) is 2.36. The third-order valence-electron chi connectivity index (χ3n) is 3.38. The Balaban J connectivity index is 2.12. The van der Waals surface area contributed by atoms with Crippen molar-refractivity contribution in [3.05, 3.63) is 0 Å². The number of piperidine rings is 1. The molecule has 1 aliphatic rings. The summed E-state index contributed by atoms with van der Waals surface area (Å²) in [5.74, 6) is 0.852. The van der Waals surface area contributed by atoms with Crippen molar-refractivity contribution in [3.63, 3.8) is 0 Å². The SMILES string of the molecule is CN(C)CC1CCN(CCC(O)CN)CC1. The van der Waals surface area contributed by atoms with Gasteiger partial charge in [0, 0.05) is 19.6 Å². The molecule has 1 atom stereocenters. The second-order valence-corrected chi connectivity index (χ2v) is 5.23. The molecule has 1 fully saturated rings. The van der Waals surface area contributed by atoms with Crippen LogP contribution in [0.25, 0.3) is 0 Å². The molecule has 4 heteroatoms. The van der Waals surface area contributed by atoms with Gasteiger partial charge in [0.25, 0.3) is 0 Å². The third kappa shape index (κ3) is 5.25. The second kappa shape index (κ2) is 7.22. The van der Waals surface area contributed by atoms with Crippen LogP contribution in [0.5, 0.6) is 0 Å². The lowest BCUT2D eigenvalue weighted by atomic mass is 9.96. The Morgan fingerprint density at radius 2 is 2.00 bits per heavy atom. The maximum Gasteiger partial charge on any atom is 0.0674 e. The van der Waals surface area contributed by atoms with Crippen LogP contribution in [0.2, 0.25) is 0 Å². The van der Waals surface area contributed by atoms with Gasteiger partial charge in [-0.05, 0) is 52.4 Å². The molecule has 0 aromatic carbocycles. The quantitative estimate of drug-likeness (QED) is 0.671. The molecule has 96 valence electrons. The van der Waals surface area contributed by atoms with Crippen LogP contribution in [0, 0.1) is 5.92 Å². The highest BCUT2D eigenvalue weighted by molar-refractivity contribution is 4.74. The van der Waals surface area contributed by atoms with Gasteiger partial charge in [-0.15, -0.1) is 0 Å². The van der Waals surface area contributed by atoms with E-state index in [4.69, 9.17) is 5.73 Å². The summed E-state index contributed by atoms with van der Waals surface area (Å²) in [5.41, 5.74) is 5.39. The molecule has 0 spiro atoms. The lowest BCUT2D eigenvalue weighted by Crippen LogP contribution is -2.38. The predicted octanol–water partition coefficient (Wildman–Crippen LogP) is -0.0303. The number of nitrogens with two attached hydrogens (primary N) is 1. The number of aliphatic hydroxyl groups is 1. The van der Waals surface area contributed by atoms with Crippen molar-refractivity contribution >= 4 is 0 Å². The summed E-state index contributed by atoms with van der Waals surface area (Å²) in [6.45, 7) is 4.94. The van der Waals surface area contributed by atoms with Gasteiger partial charge in [0.05, 0.1) is 6.10 Å². The highest BCUT2D eigenvalue weighted by atomic mass is 16.3. The van der Waals surface area contributed by atoms with E-state index in [0.717, 1.165) is 18.9 Å². The van der Waals surface area contributed by atoms with Crippen LogP contribution in [-0.4, -0.2) is 67.8 Å². The Morgan fingerprint density at radius 3 is 2.50 bits per heavy atom. The maximum absolute atomic E-state index is 9.40. The summed E-state index contributed by atoms with van der Waals surface area (Å²) in [5, 5.41) is 9.40. The van der Waals surface area contributed by atoms with Gasteiger partial charge in [-0.25, -0.2) is 0 Å². The van der Waals surface area contributed by atoms with E-state index in [9.17, 15) is 5.11 Å². The Bertz CT molecular complexity index is 179. The van der Waals surface area contributed by atoms with Crippen molar-refractivity contribution in [2.75, 3.05) is 46.8 Å². The number of hydrogen-bond acceptors (Lipinski definition) is 4. The Hall–Kier alpha value is -0.160. The van der Waals surface area contributed by atoms with Crippen LogP contribution in [0.3, 0.4) is 0 Å². The van der Waals surface area contributed by atoms with Gasteiger partial charge in [-0.2, -0.15) is 0 Å². The average Bonchev–Trinajstić information content (AvgIpc) is 2.27. The van der Waals surface area contributed by atoms with Crippen LogP contribution < -0.4 is 5.73 Å². The molecule has 1 rings (SSSR count). The number of rotatable bonds is 6. The van der Waals surface area contributed by atoms with Gasteiger partial charge in [0.2, 0.25) is 0 Å². The standard InChI is InChI=1S/C12H27N3O/c1-14(2)10-11-3-6-15(7-4-11)8-5-12(16)9-13/h11-12,16H,3-10,13H2,1-2H3. The van der Waals surface area contributed by atoms with Gasteiger partial charge in [0.15, 0.2) is 0 Å². The molecule has 1 aliphatic heterocycles. The minimum atomic E-state index is -0.320. The fraction of sp³-hybridized carbons (Fsp3) is 1.00. The molecule has 1 unspecified atom stereocenters. The zero-order valence-corrected chi connectivity index (χ0v) is 10.7. The van der Waals surface area contributed by atoms with E-state index in [1.165, 1.54) is 32.5 Å². The predicted molar refractivity (Wildman–Crippen MR) is 67.4 cm³/mol. The summed E-state index contributed by atoms with van der Waals surface area (Å²) < 4.78 is 0. The number of nitrogens with zero attached hydrogens (tertiary/aromatic N) is 2. The monoisotopic (exact) mass is 229 g/mol. The average molecular weight is 229 g/mol. The molecule has 0 bridgehead atoms. The normalized spacial score (nSPS) is 21.6.